The number of nitrogens with one attached hydrogen (secondary N) is 1. The molecular formula is C29H26ClFN4O4S. The van der Waals surface area contributed by atoms with Gasteiger partial charge in [0.2, 0.25) is 0 Å². The van der Waals surface area contributed by atoms with Crippen LogP contribution in [0.2, 0.25) is 5.02 Å². The van der Waals surface area contributed by atoms with Crippen LogP contribution in [-0.2, 0) is 42.6 Å². The number of hydrogen-bond donors (Lipinski definition) is 2. The van der Waals surface area contributed by atoms with Crippen molar-refractivity contribution in [2.24, 2.45) is 5.92 Å². The summed E-state index contributed by atoms with van der Waals surface area (Å²) in [5.41, 5.74) is 3.68. The highest BCUT2D eigenvalue weighted by molar-refractivity contribution is 7.90. The Morgan fingerprint density at radius 3 is 2.55 bits per heavy atom. The number of alkyl halides is 1. The molecule has 5 aromatic rings. The van der Waals surface area contributed by atoms with E-state index < -0.39 is 22.1 Å². The molecule has 0 saturated carbocycles. The number of halogens is 2. The van der Waals surface area contributed by atoms with Crippen LogP contribution in [0.15, 0.2) is 82.2 Å². The Morgan fingerprint density at radius 2 is 1.80 bits per heavy atom. The van der Waals surface area contributed by atoms with Gasteiger partial charge in [0.15, 0.2) is 12.0 Å². The van der Waals surface area contributed by atoms with Crippen molar-refractivity contribution < 1.29 is 22.4 Å². The average Bonchev–Trinajstić information content (AvgIpc) is 3.68. The Labute approximate surface area is 235 Å². The highest BCUT2D eigenvalue weighted by Crippen LogP contribution is 2.43. The Balaban J connectivity index is 1.21. The van der Waals surface area contributed by atoms with Crippen molar-refractivity contribution in [3.05, 3.63) is 112 Å². The minimum Gasteiger partial charge on any atom is -0.392 e. The maximum Gasteiger partial charge on any atom is 0.268 e. The van der Waals surface area contributed by atoms with Crippen LogP contribution in [0.5, 0.6) is 0 Å². The zero-order chi connectivity index (χ0) is 27.9. The summed E-state index contributed by atoms with van der Waals surface area (Å²) >= 11 is 6.27. The Morgan fingerprint density at radius 1 is 1.05 bits per heavy atom. The van der Waals surface area contributed by atoms with E-state index in [1.807, 2.05) is 24.3 Å². The molecule has 2 aromatic heterocycles. The predicted molar refractivity (Wildman–Crippen MR) is 148 cm³/mol. The van der Waals surface area contributed by atoms with Crippen LogP contribution >= 0.6 is 11.6 Å². The van der Waals surface area contributed by atoms with Crippen LogP contribution in [0.1, 0.15) is 40.3 Å². The number of nitrogens with zero attached hydrogens (tertiary/aromatic N) is 3. The first-order valence-corrected chi connectivity index (χ1v) is 14.6. The van der Waals surface area contributed by atoms with Crippen molar-refractivity contribution in [1.82, 2.24) is 19.4 Å². The van der Waals surface area contributed by atoms with E-state index in [4.69, 9.17) is 21.2 Å². The SMILES string of the molecule is O=S(=O)(c1ccccc1)n1c2c(c3cc(Cl)ccc31)CC(C(F)c1nc(CNCc3ccc(CO)cc3)no1)C2. The fraction of sp³-hybridized carbons (Fsp3) is 0.241. The Bertz CT molecular complexity index is 1770. The second kappa shape index (κ2) is 10.8. The van der Waals surface area contributed by atoms with E-state index >= 15 is 4.39 Å². The van der Waals surface area contributed by atoms with Gasteiger partial charge in [0.05, 0.1) is 23.6 Å². The van der Waals surface area contributed by atoms with Crippen molar-refractivity contribution in [3.8, 4) is 0 Å². The Hall–Kier alpha value is -3.57. The van der Waals surface area contributed by atoms with E-state index in [-0.39, 0.29) is 30.4 Å². The minimum absolute atomic E-state index is 0.00955. The molecule has 2 unspecified atom stereocenters. The van der Waals surface area contributed by atoms with E-state index in [2.05, 4.69) is 15.5 Å². The molecule has 0 bridgehead atoms. The average molecular weight is 581 g/mol. The second-order valence-electron chi connectivity index (χ2n) is 9.87. The van der Waals surface area contributed by atoms with Crippen LogP contribution in [0.4, 0.5) is 4.39 Å². The van der Waals surface area contributed by atoms with Gasteiger partial charge in [-0.15, -0.1) is 0 Å². The van der Waals surface area contributed by atoms with E-state index in [9.17, 15) is 8.42 Å². The van der Waals surface area contributed by atoms with Crippen LogP contribution in [0.3, 0.4) is 0 Å². The number of aliphatic hydroxyl groups excluding tert-OH is 1. The topological polar surface area (TPSA) is 110 Å². The fourth-order valence-corrected chi connectivity index (χ4v) is 7.06. The molecule has 8 nitrogen and oxygen atoms in total. The molecule has 2 atom stereocenters. The molecule has 1 aliphatic rings. The summed E-state index contributed by atoms with van der Waals surface area (Å²) in [5.74, 6) is -0.371. The summed E-state index contributed by atoms with van der Waals surface area (Å²) in [6, 6.07) is 20.8. The normalized spacial score (nSPS) is 15.9. The molecule has 2 N–H and O–H groups in total. The lowest BCUT2D eigenvalue weighted by Crippen LogP contribution is -2.17. The van der Waals surface area contributed by atoms with Gasteiger partial charge in [0.1, 0.15) is 0 Å². The van der Waals surface area contributed by atoms with Gasteiger partial charge in [-0.05, 0) is 59.9 Å². The van der Waals surface area contributed by atoms with Gasteiger partial charge in [0.25, 0.3) is 15.9 Å². The summed E-state index contributed by atoms with van der Waals surface area (Å²) in [7, 11) is -3.93. The van der Waals surface area contributed by atoms with E-state index in [1.165, 1.54) is 3.97 Å². The molecule has 0 fully saturated rings. The maximum absolute atomic E-state index is 15.8. The molecule has 11 heteroatoms. The number of hydrogen-bond acceptors (Lipinski definition) is 7. The lowest BCUT2D eigenvalue weighted by molar-refractivity contribution is 0.179. The standard InChI is InChI=1S/C29H26ClFN4O4S/c30-21-10-11-25-24(14-21)23-12-20(13-26(23)35(25)40(37,38)22-4-2-1-3-5-22)28(31)29-33-27(34-39-29)16-32-15-18-6-8-19(17-36)9-7-18/h1-11,14,20,28,32,36H,12-13,15-17H2. The van der Waals surface area contributed by atoms with Gasteiger partial charge in [-0.25, -0.2) is 16.8 Å². The van der Waals surface area contributed by atoms with Gasteiger partial charge in [0, 0.05) is 28.6 Å². The van der Waals surface area contributed by atoms with Crippen molar-refractivity contribution in [1.29, 1.82) is 0 Å². The monoisotopic (exact) mass is 580 g/mol. The quantitative estimate of drug-likeness (QED) is 0.249. The summed E-state index contributed by atoms with van der Waals surface area (Å²) in [5, 5.41) is 17.5. The molecular weight excluding hydrogens is 555 g/mol. The minimum atomic E-state index is -3.93. The number of rotatable bonds is 9. The third-order valence-electron chi connectivity index (χ3n) is 7.25. The highest BCUT2D eigenvalue weighted by Gasteiger charge is 2.39. The second-order valence-corrected chi connectivity index (χ2v) is 12.1. The molecule has 2 heterocycles. The van der Waals surface area contributed by atoms with Crippen LogP contribution in [-0.4, -0.2) is 27.6 Å². The van der Waals surface area contributed by atoms with Crippen LogP contribution < -0.4 is 5.32 Å². The molecule has 40 heavy (non-hydrogen) atoms. The summed E-state index contributed by atoms with van der Waals surface area (Å²) in [4.78, 5) is 4.42. The van der Waals surface area contributed by atoms with E-state index in [1.54, 1.807) is 48.5 Å². The third kappa shape index (κ3) is 4.92. The molecule has 0 saturated heterocycles. The number of benzene rings is 3. The van der Waals surface area contributed by atoms with Gasteiger partial charge in [-0.3, -0.25) is 0 Å². The Kier molecular flexibility index (Phi) is 7.18. The zero-order valence-corrected chi connectivity index (χ0v) is 22.9. The van der Waals surface area contributed by atoms with Gasteiger partial charge in [-0.1, -0.05) is 59.2 Å². The predicted octanol–water partition coefficient (Wildman–Crippen LogP) is 5.12. The van der Waals surface area contributed by atoms with Crippen molar-refractivity contribution in [2.45, 2.75) is 43.6 Å². The number of aromatic nitrogens is 3. The molecule has 206 valence electrons. The molecule has 0 amide bonds. The van der Waals surface area contributed by atoms with Gasteiger partial charge in [-0.2, -0.15) is 4.98 Å². The van der Waals surface area contributed by atoms with Crippen molar-refractivity contribution >= 4 is 32.5 Å². The number of fused-ring (bicyclic) bond motifs is 3. The summed E-state index contributed by atoms with van der Waals surface area (Å²) in [6.07, 6.45) is -1.07. The van der Waals surface area contributed by atoms with Crippen LogP contribution in [0.25, 0.3) is 10.9 Å². The van der Waals surface area contributed by atoms with Gasteiger partial charge < -0.3 is 14.9 Å². The summed E-state index contributed by atoms with van der Waals surface area (Å²) in [6.45, 7) is 0.818. The molecule has 0 aliphatic heterocycles. The molecule has 0 radical (unpaired) electrons. The van der Waals surface area contributed by atoms with Crippen molar-refractivity contribution in [2.75, 3.05) is 0 Å². The summed E-state index contributed by atoms with van der Waals surface area (Å²) < 4.78 is 49.8. The van der Waals surface area contributed by atoms with Crippen molar-refractivity contribution in [3.63, 3.8) is 0 Å². The van der Waals surface area contributed by atoms with E-state index in [0.29, 0.717) is 40.4 Å². The maximum atomic E-state index is 15.8. The molecule has 3 aromatic carbocycles. The first-order valence-electron chi connectivity index (χ1n) is 12.8. The van der Waals surface area contributed by atoms with Gasteiger partial charge >= 0.3 is 0 Å². The number of aliphatic hydroxyl groups is 1. The lowest BCUT2D eigenvalue weighted by Gasteiger charge is -2.15. The van der Waals surface area contributed by atoms with E-state index in [0.717, 1.165) is 16.7 Å². The third-order valence-corrected chi connectivity index (χ3v) is 9.25. The first-order chi connectivity index (χ1) is 19.3. The molecule has 1 aliphatic carbocycles. The molecule has 6 rings (SSSR count). The van der Waals surface area contributed by atoms with Crippen LogP contribution in [0, 0.1) is 5.92 Å². The highest BCUT2D eigenvalue weighted by atomic mass is 35.5. The smallest absolute Gasteiger partial charge is 0.268 e. The fourth-order valence-electron chi connectivity index (χ4n) is 5.28. The molecule has 0 spiro atoms. The lowest BCUT2D eigenvalue weighted by atomic mass is 9.99. The first kappa shape index (κ1) is 26.6. The zero-order valence-electron chi connectivity index (χ0n) is 21.3. The largest absolute Gasteiger partial charge is 0.392 e.